The van der Waals surface area contributed by atoms with Crippen molar-refractivity contribution >= 4 is 28.7 Å². The minimum Gasteiger partial charge on any atom is -0.288 e. The second-order valence-corrected chi connectivity index (χ2v) is 4.95. The molecule has 0 aliphatic rings. The van der Waals surface area contributed by atoms with Crippen molar-refractivity contribution in [2.45, 2.75) is 6.92 Å². The quantitative estimate of drug-likeness (QED) is 0.738. The smallest absolute Gasteiger partial charge is 0.196 e. The Morgan fingerprint density at radius 2 is 2.12 bits per heavy atom. The van der Waals surface area contributed by atoms with Gasteiger partial charge in [-0.3, -0.25) is 4.79 Å². The van der Waals surface area contributed by atoms with E-state index in [9.17, 15) is 9.18 Å². The zero-order chi connectivity index (χ0) is 11.7. The Morgan fingerprint density at radius 1 is 1.38 bits per heavy atom. The number of carbonyl (C=O) groups is 1. The van der Waals surface area contributed by atoms with Crippen molar-refractivity contribution in [3.8, 4) is 0 Å². The number of thiophene rings is 1. The minimum atomic E-state index is -0.543. The van der Waals surface area contributed by atoms with Crippen LogP contribution in [0.1, 0.15) is 20.8 Å². The van der Waals surface area contributed by atoms with Crippen LogP contribution < -0.4 is 0 Å². The van der Waals surface area contributed by atoms with Crippen molar-refractivity contribution in [3.63, 3.8) is 0 Å². The molecule has 0 atom stereocenters. The summed E-state index contributed by atoms with van der Waals surface area (Å²) >= 11 is 7.20. The molecule has 1 aromatic carbocycles. The molecule has 82 valence electrons. The molecule has 0 aliphatic heterocycles. The van der Waals surface area contributed by atoms with Gasteiger partial charge in [-0.1, -0.05) is 11.6 Å². The Labute approximate surface area is 101 Å². The van der Waals surface area contributed by atoms with Crippen molar-refractivity contribution in [3.05, 3.63) is 56.5 Å². The fourth-order valence-corrected chi connectivity index (χ4v) is 2.24. The molecule has 0 aliphatic carbocycles. The van der Waals surface area contributed by atoms with E-state index in [1.165, 1.54) is 29.5 Å². The number of halogens is 2. The van der Waals surface area contributed by atoms with Gasteiger partial charge < -0.3 is 0 Å². The van der Waals surface area contributed by atoms with Gasteiger partial charge in [-0.05, 0) is 31.2 Å². The van der Waals surface area contributed by atoms with Crippen LogP contribution in [-0.4, -0.2) is 5.78 Å². The summed E-state index contributed by atoms with van der Waals surface area (Å²) in [6, 6.07) is 5.72. The average Bonchev–Trinajstić information content (AvgIpc) is 2.67. The molecule has 0 N–H and O–H groups in total. The van der Waals surface area contributed by atoms with E-state index in [1.807, 2.05) is 6.92 Å². The van der Waals surface area contributed by atoms with Crippen molar-refractivity contribution in [1.82, 2.24) is 0 Å². The lowest BCUT2D eigenvalue weighted by atomic mass is 10.1. The number of hydrogen-bond acceptors (Lipinski definition) is 2. The molecule has 0 radical (unpaired) electrons. The lowest BCUT2D eigenvalue weighted by Crippen LogP contribution is -2.02. The first kappa shape index (κ1) is 11.3. The monoisotopic (exact) mass is 254 g/mol. The lowest BCUT2D eigenvalue weighted by molar-refractivity contribution is 0.103. The Balaban J connectivity index is 2.45. The standard InChI is InChI=1S/C12H8ClFOS/c1-7-4-8(6-16-7)12(15)10-5-9(13)2-3-11(10)14/h2-6H,1H3. The second-order valence-electron chi connectivity index (χ2n) is 3.40. The van der Waals surface area contributed by atoms with Crippen LogP contribution in [0.15, 0.2) is 29.6 Å². The maximum atomic E-state index is 13.4. The number of aryl methyl sites for hydroxylation is 1. The molecule has 0 spiro atoms. The van der Waals surface area contributed by atoms with E-state index in [2.05, 4.69) is 0 Å². The van der Waals surface area contributed by atoms with Crippen LogP contribution in [-0.2, 0) is 0 Å². The molecule has 2 rings (SSSR count). The molecule has 0 saturated carbocycles. The van der Waals surface area contributed by atoms with Gasteiger partial charge in [-0.15, -0.1) is 11.3 Å². The molecule has 0 saturated heterocycles. The van der Waals surface area contributed by atoms with Crippen LogP contribution in [0.4, 0.5) is 4.39 Å². The molecule has 4 heteroatoms. The normalized spacial score (nSPS) is 10.4. The van der Waals surface area contributed by atoms with Gasteiger partial charge in [-0.25, -0.2) is 4.39 Å². The van der Waals surface area contributed by atoms with Crippen molar-refractivity contribution in [1.29, 1.82) is 0 Å². The summed E-state index contributed by atoms with van der Waals surface area (Å²) in [4.78, 5) is 13.0. The highest BCUT2D eigenvalue weighted by molar-refractivity contribution is 7.10. The van der Waals surface area contributed by atoms with Gasteiger partial charge in [0.1, 0.15) is 5.82 Å². The van der Waals surface area contributed by atoms with Crippen LogP contribution in [0.3, 0.4) is 0 Å². The highest BCUT2D eigenvalue weighted by Gasteiger charge is 2.15. The topological polar surface area (TPSA) is 17.1 Å². The molecule has 0 bridgehead atoms. The van der Waals surface area contributed by atoms with Crippen LogP contribution in [0.25, 0.3) is 0 Å². The predicted molar refractivity (Wildman–Crippen MR) is 63.9 cm³/mol. The number of rotatable bonds is 2. The molecule has 1 heterocycles. The SMILES string of the molecule is Cc1cc(C(=O)c2cc(Cl)ccc2F)cs1. The van der Waals surface area contributed by atoms with Gasteiger partial charge in [0.25, 0.3) is 0 Å². The highest BCUT2D eigenvalue weighted by atomic mass is 35.5. The zero-order valence-electron chi connectivity index (χ0n) is 8.46. The first-order chi connectivity index (χ1) is 7.58. The van der Waals surface area contributed by atoms with E-state index in [4.69, 9.17) is 11.6 Å². The molecule has 2 aromatic rings. The van der Waals surface area contributed by atoms with Gasteiger partial charge in [0.15, 0.2) is 5.78 Å². The van der Waals surface area contributed by atoms with Gasteiger partial charge in [0.2, 0.25) is 0 Å². The third kappa shape index (κ3) is 2.15. The van der Waals surface area contributed by atoms with Crippen LogP contribution in [0.5, 0.6) is 0 Å². The summed E-state index contributed by atoms with van der Waals surface area (Å²) < 4.78 is 13.4. The van der Waals surface area contributed by atoms with Gasteiger partial charge in [0, 0.05) is 20.8 Å². The second kappa shape index (κ2) is 4.36. The van der Waals surface area contributed by atoms with E-state index in [1.54, 1.807) is 11.4 Å². The average molecular weight is 255 g/mol. The lowest BCUT2D eigenvalue weighted by Gasteiger charge is -2.01. The molecule has 16 heavy (non-hydrogen) atoms. The van der Waals surface area contributed by atoms with Crippen molar-refractivity contribution < 1.29 is 9.18 Å². The molecular weight excluding hydrogens is 247 g/mol. The van der Waals surface area contributed by atoms with Crippen LogP contribution >= 0.6 is 22.9 Å². The Kier molecular flexibility index (Phi) is 3.08. The molecule has 1 aromatic heterocycles. The molecule has 0 amide bonds. The number of hydrogen-bond donors (Lipinski definition) is 0. The number of carbonyl (C=O) groups excluding carboxylic acids is 1. The van der Waals surface area contributed by atoms with Gasteiger partial charge >= 0.3 is 0 Å². The molecule has 0 unspecified atom stereocenters. The van der Waals surface area contributed by atoms with E-state index >= 15 is 0 Å². The molecule has 1 nitrogen and oxygen atoms in total. The first-order valence-electron chi connectivity index (χ1n) is 4.63. The summed E-state index contributed by atoms with van der Waals surface area (Å²) in [7, 11) is 0. The number of ketones is 1. The Hall–Kier alpha value is -1.19. The van der Waals surface area contributed by atoms with Crippen LogP contribution in [0, 0.1) is 12.7 Å². The van der Waals surface area contributed by atoms with Crippen LogP contribution in [0.2, 0.25) is 5.02 Å². The van der Waals surface area contributed by atoms with E-state index < -0.39 is 5.82 Å². The zero-order valence-corrected chi connectivity index (χ0v) is 10.0. The number of benzene rings is 1. The predicted octanol–water partition coefficient (Wildman–Crippen LogP) is 4.08. The fourth-order valence-electron chi connectivity index (χ4n) is 1.39. The summed E-state index contributed by atoms with van der Waals surface area (Å²) in [5, 5.41) is 2.08. The summed E-state index contributed by atoms with van der Waals surface area (Å²) in [6.45, 7) is 1.90. The Morgan fingerprint density at radius 3 is 2.75 bits per heavy atom. The highest BCUT2D eigenvalue weighted by Crippen LogP contribution is 2.21. The summed E-state index contributed by atoms with van der Waals surface area (Å²) in [5.74, 6) is -0.873. The first-order valence-corrected chi connectivity index (χ1v) is 5.88. The van der Waals surface area contributed by atoms with Gasteiger partial charge in [-0.2, -0.15) is 0 Å². The van der Waals surface area contributed by atoms with Gasteiger partial charge in [0.05, 0.1) is 5.56 Å². The minimum absolute atomic E-state index is 0.0188. The van der Waals surface area contributed by atoms with Crippen molar-refractivity contribution in [2.75, 3.05) is 0 Å². The summed E-state index contributed by atoms with van der Waals surface area (Å²) in [6.07, 6.45) is 0. The van der Waals surface area contributed by atoms with Crippen molar-refractivity contribution in [2.24, 2.45) is 0 Å². The maximum absolute atomic E-state index is 13.4. The fraction of sp³-hybridized carbons (Fsp3) is 0.0833. The van der Waals surface area contributed by atoms with E-state index in [-0.39, 0.29) is 11.3 Å². The van der Waals surface area contributed by atoms with E-state index in [0.717, 1.165) is 4.88 Å². The molecule has 0 fully saturated rings. The third-order valence-electron chi connectivity index (χ3n) is 2.17. The largest absolute Gasteiger partial charge is 0.288 e. The summed E-state index contributed by atoms with van der Waals surface area (Å²) in [5.41, 5.74) is 0.522. The Bertz CT molecular complexity index is 548. The van der Waals surface area contributed by atoms with E-state index in [0.29, 0.717) is 10.6 Å². The molecular formula is C12H8ClFOS. The third-order valence-corrected chi connectivity index (χ3v) is 3.26. The maximum Gasteiger partial charge on any atom is 0.196 e.